The normalized spacial score (nSPS) is 23.9. The summed E-state index contributed by atoms with van der Waals surface area (Å²) in [5.74, 6) is 1.54. The fourth-order valence-electron chi connectivity index (χ4n) is 4.17. The van der Waals surface area contributed by atoms with E-state index in [1.54, 1.807) is 6.08 Å². The lowest BCUT2D eigenvalue weighted by atomic mass is 9.86. The molecule has 0 aromatic carbocycles. The molecule has 154 valence electrons. The van der Waals surface area contributed by atoms with E-state index in [1.165, 1.54) is 45.2 Å². The van der Waals surface area contributed by atoms with Crippen molar-refractivity contribution in [2.75, 3.05) is 13.1 Å². The molecule has 2 N–H and O–H groups in total. The zero-order valence-electron chi connectivity index (χ0n) is 16.9. The van der Waals surface area contributed by atoms with Crippen LogP contribution in [0, 0.1) is 0 Å². The Balaban J connectivity index is 1.36. The zero-order valence-corrected chi connectivity index (χ0v) is 17.8. The molecule has 3 heterocycles. The summed E-state index contributed by atoms with van der Waals surface area (Å²) in [6, 6.07) is 4.57. The zero-order chi connectivity index (χ0) is 20.1. The molecule has 1 saturated carbocycles. The van der Waals surface area contributed by atoms with E-state index in [0.29, 0.717) is 17.7 Å². The van der Waals surface area contributed by atoms with E-state index < -0.39 is 0 Å². The lowest BCUT2D eigenvalue weighted by Crippen LogP contribution is -2.34. The number of nitrogens with zero attached hydrogens (tertiary/aromatic N) is 4. The van der Waals surface area contributed by atoms with Crippen LogP contribution in [0.2, 0.25) is 0 Å². The van der Waals surface area contributed by atoms with Crippen LogP contribution < -0.4 is 4.72 Å². The minimum atomic E-state index is 0.478. The van der Waals surface area contributed by atoms with Crippen LogP contribution in [0.5, 0.6) is 0 Å². The third kappa shape index (κ3) is 4.97. The van der Waals surface area contributed by atoms with Crippen LogP contribution in [0.15, 0.2) is 35.9 Å². The van der Waals surface area contributed by atoms with Crippen molar-refractivity contribution in [3.8, 4) is 0 Å². The Kier molecular flexibility index (Phi) is 6.79. The van der Waals surface area contributed by atoms with E-state index in [9.17, 15) is 0 Å². The number of fused-ring (bicyclic) bond motifs is 1. The van der Waals surface area contributed by atoms with E-state index in [0.717, 1.165) is 35.5 Å². The van der Waals surface area contributed by atoms with Gasteiger partial charge in [0.05, 0.1) is 16.9 Å². The molecule has 6 nitrogen and oxygen atoms in total. The summed E-state index contributed by atoms with van der Waals surface area (Å²) in [5, 5.41) is 0. The van der Waals surface area contributed by atoms with E-state index in [-0.39, 0.29) is 0 Å². The Morgan fingerprint density at radius 2 is 1.97 bits per heavy atom. The number of nitrogens with one attached hydrogen (secondary N) is 2. The summed E-state index contributed by atoms with van der Waals surface area (Å²) < 4.78 is 6.17. The molecule has 2 aromatic heterocycles. The Bertz CT molecular complexity index is 875. The van der Waals surface area contributed by atoms with Crippen molar-refractivity contribution in [2.45, 2.75) is 56.9 Å². The van der Waals surface area contributed by atoms with Gasteiger partial charge in [-0.15, -0.1) is 0 Å². The van der Waals surface area contributed by atoms with Crippen LogP contribution in [0.4, 0.5) is 0 Å². The number of hydrogen-bond acceptors (Lipinski definition) is 6. The average molecular weight is 411 g/mol. The van der Waals surface area contributed by atoms with E-state index in [4.69, 9.17) is 4.98 Å². The smallest absolute Gasteiger partial charge is 0.178 e. The summed E-state index contributed by atoms with van der Waals surface area (Å²) in [4.78, 5) is 17.0. The van der Waals surface area contributed by atoms with Gasteiger partial charge in [-0.2, -0.15) is 0 Å². The van der Waals surface area contributed by atoms with Crippen molar-refractivity contribution in [2.24, 2.45) is 4.99 Å². The molecule has 4 rings (SSSR count). The molecular weight excluding hydrogens is 380 g/mol. The van der Waals surface area contributed by atoms with Gasteiger partial charge < -0.3 is 4.98 Å². The number of aliphatic imine (C=N–C) groups is 1. The number of aromatic amines is 1. The topological polar surface area (TPSA) is 69.2 Å². The van der Waals surface area contributed by atoms with Crippen molar-refractivity contribution < 1.29 is 0 Å². The first-order valence-electron chi connectivity index (χ1n) is 10.6. The number of imidazole rings is 1. The Morgan fingerprint density at radius 3 is 2.69 bits per heavy atom. The molecule has 0 bridgehead atoms. The molecule has 29 heavy (non-hydrogen) atoms. The minimum absolute atomic E-state index is 0.478. The van der Waals surface area contributed by atoms with Gasteiger partial charge in [-0.1, -0.05) is 19.1 Å². The summed E-state index contributed by atoms with van der Waals surface area (Å²) in [7, 11) is 0. The van der Waals surface area contributed by atoms with Gasteiger partial charge in [-0.05, 0) is 63.5 Å². The highest BCUT2D eigenvalue weighted by atomic mass is 32.2. The Hall–Kier alpha value is -1.96. The van der Waals surface area contributed by atoms with E-state index in [2.05, 4.69) is 37.3 Å². The summed E-state index contributed by atoms with van der Waals surface area (Å²) in [6.07, 6.45) is 12.2. The van der Waals surface area contributed by atoms with Crippen molar-refractivity contribution in [1.82, 2.24) is 24.0 Å². The van der Waals surface area contributed by atoms with Gasteiger partial charge in [0.15, 0.2) is 5.65 Å². The van der Waals surface area contributed by atoms with Crippen LogP contribution in [-0.2, 0) is 0 Å². The second-order valence-corrected chi connectivity index (χ2v) is 8.82. The minimum Gasteiger partial charge on any atom is -0.340 e. The molecule has 2 aromatic rings. The summed E-state index contributed by atoms with van der Waals surface area (Å²) >= 11 is 1.84. The van der Waals surface area contributed by atoms with Crippen LogP contribution in [0.3, 0.4) is 0 Å². The van der Waals surface area contributed by atoms with Gasteiger partial charge in [0.2, 0.25) is 0 Å². The quantitative estimate of drug-likeness (QED) is 0.388. The summed E-state index contributed by atoms with van der Waals surface area (Å²) in [6.45, 7) is 9.77. The fourth-order valence-corrected chi connectivity index (χ4v) is 5.14. The van der Waals surface area contributed by atoms with Gasteiger partial charge in [-0.3, -0.25) is 4.99 Å². The highest BCUT2D eigenvalue weighted by Gasteiger charge is 2.25. The maximum absolute atomic E-state index is 4.80. The molecule has 0 amide bonds. The van der Waals surface area contributed by atoms with Gasteiger partial charge in [0.25, 0.3) is 0 Å². The molecule has 0 radical (unpaired) electrons. The Labute approximate surface area is 177 Å². The molecule has 1 saturated heterocycles. The number of pyridine rings is 1. The van der Waals surface area contributed by atoms with Crippen molar-refractivity contribution >= 4 is 35.7 Å². The fraction of sp³-hybridized carbons (Fsp3) is 0.500. The molecule has 0 unspecified atom stereocenters. The predicted molar refractivity (Wildman–Crippen MR) is 123 cm³/mol. The van der Waals surface area contributed by atoms with Crippen molar-refractivity contribution in [1.29, 1.82) is 0 Å². The SMILES string of the molecule is C=C/C=C(\N=C)c1ccc2[nH]c(C3CCC(NSN4CCCCC4)CC3)nc2n1. The number of H-pyrrole nitrogens is 1. The molecule has 0 atom stereocenters. The number of allylic oxidation sites excluding steroid dienone is 2. The molecule has 1 aliphatic carbocycles. The van der Waals surface area contributed by atoms with Crippen molar-refractivity contribution in [3.63, 3.8) is 0 Å². The average Bonchev–Trinajstić information content (AvgIpc) is 3.20. The van der Waals surface area contributed by atoms with Gasteiger partial charge >= 0.3 is 0 Å². The third-order valence-electron chi connectivity index (χ3n) is 5.85. The first kappa shape index (κ1) is 20.3. The second-order valence-electron chi connectivity index (χ2n) is 7.88. The second kappa shape index (κ2) is 9.69. The Morgan fingerprint density at radius 1 is 1.17 bits per heavy atom. The predicted octanol–water partition coefficient (Wildman–Crippen LogP) is 4.85. The summed E-state index contributed by atoms with van der Waals surface area (Å²) in [5.41, 5.74) is 3.21. The van der Waals surface area contributed by atoms with Crippen LogP contribution in [0.1, 0.15) is 62.4 Å². The van der Waals surface area contributed by atoms with Crippen LogP contribution in [-0.4, -0.2) is 45.1 Å². The standard InChI is InChI=1S/C22H30N6S/c1-3-7-18(23-2)19-12-13-20-22(24-19)26-21(25-20)16-8-10-17(11-9-16)27-29-28-14-5-4-6-15-28/h3,7,12-13,16-17,27H,1-2,4-6,8-11,14-15H2,(H,24,25,26)/b18-7-. The van der Waals surface area contributed by atoms with Gasteiger partial charge in [-0.25, -0.2) is 19.0 Å². The molecule has 7 heteroatoms. The largest absolute Gasteiger partial charge is 0.340 e. The van der Waals surface area contributed by atoms with E-state index in [1.807, 2.05) is 30.3 Å². The molecule has 2 aliphatic rings. The van der Waals surface area contributed by atoms with Gasteiger partial charge in [0.1, 0.15) is 5.82 Å². The lowest BCUT2D eigenvalue weighted by Gasteiger charge is -2.31. The van der Waals surface area contributed by atoms with Crippen LogP contribution >= 0.6 is 12.1 Å². The van der Waals surface area contributed by atoms with Crippen LogP contribution in [0.25, 0.3) is 16.9 Å². The number of aromatic nitrogens is 3. The highest BCUT2D eigenvalue weighted by Crippen LogP contribution is 2.33. The lowest BCUT2D eigenvalue weighted by molar-refractivity contribution is 0.355. The molecule has 2 fully saturated rings. The number of rotatable bonds is 7. The monoisotopic (exact) mass is 410 g/mol. The van der Waals surface area contributed by atoms with Crippen molar-refractivity contribution in [3.05, 3.63) is 42.4 Å². The maximum atomic E-state index is 4.80. The highest BCUT2D eigenvalue weighted by molar-refractivity contribution is 7.95. The number of hydrogen-bond donors (Lipinski definition) is 2. The molecular formula is C22H30N6S. The first-order chi connectivity index (χ1) is 14.3. The van der Waals surface area contributed by atoms with Gasteiger partial charge in [0, 0.05) is 37.2 Å². The number of piperidine rings is 1. The third-order valence-corrected chi connectivity index (χ3v) is 6.91. The maximum Gasteiger partial charge on any atom is 0.178 e. The molecule has 1 aliphatic heterocycles. The molecule has 0 spiro atoms. The van der Waals surface area contributed by atoms with E-state index >= 15 is 0 Å². The first-order valence-corrected chi connectivity index (χ1v) is 11.4.